The lowest BCUT2D eigenvalue weighted by Crippen LogP contribution is -2.43. The van der Waals surface area contributed by atoms with Gasteiger partial charge in [-0.05, 0) is 30.0 Å². The molecule has 0 spiro atoms. The van der Waals surface area contributed by atoms with Gasteiger partial charge in [-0.25, -0.2) is 13.1 Å². The summed E-state index contributed by atoms with van der Waals surface area (Å²) in [6.07, 6.45) is 0.910. The van der Waals surface area contributed by atoms with Gasteiger partial charge in [-0.2, -0.15) is 0 Å². The SMILES string of the molecule is CCC(C)c1ccc(S(=O)(=O)NC2CNC[C@@H]2OC)cc1. The molecule has 6 heteroatoms. The van der Waals surface area contributed by atoms with Crippen molar-refractivity contribution in [1.29, 1.82) is 0 Å². The van der Waals surface area contributed by atoms with Crippen molar-refractivity contribution in [2.75, 3.05) is 20.2 Å². The third-order valence-electron chi connectivity index (χ3n) is 4.14. The summed E-state index contributed by atoms with van der Waals surface area (Å²) >= 11 is 0. The van der Waals surface area contributed by atoms with Gasteiger partial charge in [0.15, 0.2) is 0 Å². The van der Waals surface area contributed by atoms with Gasteiger partial charge in [-0.15, -0.1) is 0 Å². The number of methoxy groups -OCH3 is 1. The van der Waals surface area contributed by atoms with Crippen LogP contribution in [0.5, 0.6) is 0 Å². The molecule has 5 nitrogen and oxygen atoms in total. The lowest BCUT2D eigenvalue weighted by Gasteiger charge is -2.19. The molecule has 1 heterocycles. The summed E-state index contributed by atoms with van der Waals surface area (Å²) in [6, 6.07) is 6.91. The van der Waals surface area contributed by atoms with E-state index in [0.717, 1.165) is 12.0 Å². The number of rotatable bonds is 6. The van der Waals surface area contributed by atoms with E-state index in [1.54, 1.807) is 19.2 Å². The van der Waals surface area contributed by atoms with Crippen LogP contribution < -0.4 is 10.0 Å². The molecule has 0 aliphatic carbocycles. The van der Waals surface area contributed by atoms with Crippen molar-refractivity contribution in [3.05, 3.63) is 29.8 Å². The van der Waals surface area contributed by atoms with Gasteiger partial charge in [0.2, 0.25) is 10.0 Å². The standard InChI is InChI=1S/C15H24N2O3S/c1-4-11(2)12-5-7-13(8-6-12)21(18,19)17-14-9-16-10-15(14)20-3/h5-8,11,14-17H,4,9-10H2,1-3H3/t11?,14?,15-/m0/s1. The molecular formula is C15H24N2O3S. The van der Waals surface area contributed by atoms with Crippen LogP contribution in [0, 0.1) is 0 Å². The van der Waals surface area contributed by atoms with E-state index in [0.29, 0.717) is 23.9 Å². The molecule has 1 aromatic carbocycles. The molecule has 0 saturated carbocycles. The van der Waals surface area contributed by atoms with E-state index in [1.807, 2.05) is 12.1 Å². The first kappa shape index (κ1) is 16.4. The predicted octanol–water partition coefficient (Wildman–Crippen LogP) is 1.47. The zero-order valence-corrected chi connectivity index (χ0v) is 13.6. The summed E-state index contributed by atoms with van der Waals surface area (Å²) in [5, 5.41) is 3.13. The molecule has 1 fully saturated rings. The first-order chi connectivity index (χ1) is 9.97. The maximum absolute atomic E-state index is 12.4. The molecule has 0 bridgehead atoms. The Labute approximate surface area is 127 Å². The highest BCUT2D eigenvalue weighted by molar-refractivity contribution is 7.89. The van der Waals surface area contributed by atoms with Crippen LogP contribution >= 0.6 is 0 Å². The van der Waals surface area contributed by atoms with Crippen LogP contribution in [0.3, 0.4) is 0 Å². The zero-order valence-electron chi connectivity index (χ0n) is 12.8. The van der Waals surface area contributed by atoms with Crippen molar-refractivity contribution < 1.29 is 13.2 Å². The lowest BCUT2D eigenvalue weighted by molar-refractivity contribution is 0.103. The molecule has 1 aliphatic rings. The van der Waals surface area contributed by atoms with Crippen LogP contribution in [0.1, 0.15) is 31.7 Å². The van der Waals surface area contributed by atoms with Crippen LogP contribution in [0.2, 0.25) is 0 Å². The third-order valence-corrected chi connectivity index (χ3v) is 5.65. The van der Waals surface area contributed by atoms with E-state index in [9.17, 15) is 8.42 Å². The molecule has 2 rings (SSSR count). The van der Waals surface area contributed by atoms with Gasteiger partial charge in [-0.1, -0.05) is 26.0 Å². The van der Waals surface area contributed by atoms with Gasteiger partial charge < -0.3 is 10.1 Å². The van der Waals surface area contributed by atoms with Crippen molar-refractivity contribution >= 4 is 10.0 Å². The molecule has 1 aromatic rings. The largest absolute Gasteiger partial charge is 0.378 e. The quantitative estimate of drug-likeness (QED) is 0.834. The topological polar surface area (TPSA) is 67.4 Å². The monoisotopic (exact) mass is 312 g/mol. The van der Waals surface area contributed by atoms with Crippen LogP contribution in [0.15, 0.2) is 29.2 Å². The smallest absolute Gasteiger partial charge is 0.240 e. The predicted molar refractivity (Wildman–Crippen MR) is 82.9 cm³/mol. The van der Waals surface area contributed by atoms with E-state index in [-0.39, 0.29) is 12.1 Å². The van der Waals surface area contributed by atoms with Crippen molar-refractivity contribution in [1.82, 2.24) is 10.0 Å². The fourth-order valence-electron chi connectivity index (χ4n) is 2.50. The Kier molecular flexibility index (Phi) is 5.37. The average Bonchev–Trinajstić information content (AvgIpc) is 2.93. The highest BCUT2D eigenvalue weighted by Crippen LogP contribution is 2.21. The second-order valence-electron chi connectivity index (χ2n) is 5.54. The summed E-state index contributed by atoms with van der Waals surface area (Å²) in [7, 11) is -1.91. The van der Waals surface area contributed by atoms with E-state index in [4.69, 9.17) is 4.74 Å². The minimum Gasteiger partial charge on any atom is -0.378 e. The Balaban J connectivity index is 2.12. The summed E-state index contributed by atoms with van der Waals surface area (Å²) in [6.45, 7) is 5.50. The van der Waals surface area contributed by atoms with Crippen molar-refractivity contribution in [3.8, 4) is 0 Å². The normalized spacial score (nSPS) is 24.1. The molecule has 118 valence electrons. The summed E-state index contributed by atoms with van der Waals surface area (Å²) in [5.41, 5.74) is 1.16. The number of ether oxygens (including phenoxy) is 1. The first-order valence-corrected chi connectivity index (χ1v) is 8.82. The maximum Gasteiger partial charge on any atom is 0.240 e. The first-order valence-electron chi connectivity index (χ1n) is 7.33. The van der Waals surface area contributed by atoms with E-state index >= 15 is 0 Å². The second kappa shape index (κ2) is 6.87. The zero-order chi connectivity index (χ0) is 15.5. The molecule has 0 amide bonds. The van der Waals surface area contributed by atoms with E-state index in [1.165, 1.54) is 0 Å². The average molecular weight is 312 g/mol. The van der Waals surface area contributed by atoms with Gasteiger partial charge in [0, 0.05) is 20.2 Å². The maximum atomic E-state index is 12.4. The molecule has 3 atom stereocenters. The Morgan fingerprint density at radius 1 is 1.33 bits per heavy atom. The Morgan fingerprint density at radius 2 is 2.00 bits per heavy atom. The number of benzene rings is 1. The fraction of sp³-hybridized carbons (Fsp3) is 0.600. The molecule has 21 heavy (non-hydrogen) atoms. The van der Waals surface area contributed by atoms with Crippen LogP contribution in [-0.4, -0.2) is 40.8 Å². The molecular weight excluding hydrogens is 288 g/mol. The summed E-state index contributed by atoms with van der Waals surface area (Å²) in [5.74, 6) is 0.437. The van der Waals surface area contributed by atoms with Gasteiger partial charge >= 0.3 is 0 Å². The van der Waals surface area contributed by atoms with E-state index in [2.05, 4.69) is 23.9 Å². The van der Waals surface area contributed by atoms with Crippen molar-refractivity contribution in [3.63, 3.8) is 0 Å². The highest BCUT2D eigenvalue weighted by atomic mass is 32.2. The Bertz CT molecular complexity index is 557. The second-order valence-corrected chi connectivity index (χ2v) is 7.25. The van der Waals surface area contributed by atoms with Crippen LogP contribution in [0.4, 0.5) is 0 Å². The minimum atomic E-state index is -3.51. The third kappa shape index (κ3) is 3.83. The Hall–Kier alpha value is -0.950. The van der Waals surface area contributed by atoms with Gasteiger partial charge in [0.1, 0.15) is 0 Å². The lowest BCUT2D eigenvalue weighted by atomic mass is 9.99. The van der Waals surface area contributed by atoms with Crippen LogP contribution in [0.25, 0.3) is 0 Å². The van der Waals surface area contributed by atoms with Crippen molar-refractivity contribution in [2.45, 2.75) is 43.2 Å². The Morgan fingerprint density at radius 3 is 2.57 bits per heavy atom. The molecule has 1 saturated heterocycles. The number of nitrogens with one attached hydrogen (secondary N) is 2. The summed E-state index contributed by atoms with van der Waals surface area (Å²) in [4.78, 5) is 0.302. The van der Waals surface area contributed by atoms with Gasteiger partial charge in [0.25, 0.3) is 0 Å². The number of sulfonamides is 1. The van der Waals surface area contributed by atoms with Crippen molar-refractivity contribution in [2.24, 2.45) is 0 Å². The molecule has 0 aromatic heterocycles. The molecule has 2 N–H and O–H groups in total. The number of hydrogen-bond acceptors (Lipinski definition) is 4. The molecule has 2 unspecified atom stereocenters. The summed E-state index contributed by atoms with van der Waals surface area (Å²) < 4.78 is 32.8. The fourth-order valence-corrected chi connectivity index (χ4v) is 3.76. The van der Waals surface area contributed by atoms with Crippen LogP contribution in [-0.2, 0) is 14.8 Å². The molecule has 1 aliphatic heterocycles. The highest BCUT2D eigenvalue weighted by Gasteiger charge is 2.31. The van der Waals surface area contributed by atoms with E-state index < -0.39 is 10.0 Å². The van der Waals surface area contributed by atoms with Gasteiger partial charge in [-0.3, -0.25) is 0 Å². The molecule has 0 radical (unpaired) electrons. The van der Waals surface area contributed by atoms with Gasteiger partial charge in [0.05, 0.1) is 17.0 Å². The minimum absolute atomic E-state index is 0.126. The number of hydrogen-bond donors (Lipinski definition) is 2.